The highest BCUT2D eigenvalue weighted by molar-refractivity contribution is 7.17. The quantitative estimate of drug-likeness (QED) is 0.741. The van der Waals surface area contributed by atoms with Crippen LogP contribution in [-0.4, -0.2) is 23.9 Å². The van der Waals surface area contributed by atoms with Crippen LogP contribution in [-0.2, 0) is 0 Å². The number of piperidine rings is 1. The molecule has 0 aromatic carbocycles. The molecular formula is C11H14ClNOS. The maximum Gasteiger partial charge on any atom is 0.263 e. The molecule has 1 aromatic rings. The number of rotatable bonds is 1. The van der Waals surface area contributed by atoms with Crippen LogP contribution in [0.5, 0.6) is 0 Å². The summed E-state index contributed by atoms with van der Waals surface area (Å²) < 4.78 is 0.684. The number of hydrogen-bond acceptors (Lipinski definition) is 2. The van der Waals surface area contributed by atoms with Crippen LogP contribution in [0.3, 0.4) is 0 Å². The van der Waals surface area contributed by atoms with E-state index in [4.69, 9.17) is 11.6 Å². The third-order valence-corrected chi connectivity index (χ3v) is 3.95. The van der Waals surface area contributed by atoms with Crippen LogP contribution in [0, 0.1) is 5.92 Å². The van der Waals surface area contributed by atoms with E-state index in [9.17, 15) is 4.79 Å². The zero-order valence-electron chi connectivity index (χ0n) is 8.70. The maximum atomic E-state index is 12.0. The Morgan fingerprint density at radius 3 is 3.00 bits per heavy atom. The van der Waals surface area contributed by atoms with E-state index in [0.717, 1.165) is 24.4 Å². The van der Waals surface area contributed by atoms with Crippen molar-refractivity contribution in [2.45, 2.75) is 19.8 Å². The van der Waals surface area contributed by atoms with Gasteiger partial charge in [0.2, 0.25) is 0 Å². The number of halogens is 1. The van der Waals surface area contributed by atoms with Gasteiger partial charge in [0.25, 0.3) is 5.91 Å². The van der Waals surface area contributed by atoms with Gasteiger partial charge in [0.05, 0.1) is 9.21 Å². The largest absolute Gasteiger partial charge is 0.338 e. The summed E-state index contributed by atoms with van der Waals surface area (Å²) in [5, 5.41) is 0. The van der Waals surface area contributed by atoms with Gasteiger partial charge in [-0.05, 0) is 30.9 Å². The molecule has 1 aliphatic heterocycles. The molecule has 4 heteroatoms. The Labute approximate surface area is 98.8 Å². The lowest BCUT2D eigenvalue weighted by Crippen LogP contribution is -2.38. The van der Waals surface area contributed by atoms with E-state index in [0.29, 0.717) is 10.3 Å². The fraction of sp³-hybridized carbons (Fsp3) is 0.545. The van der Waals surface area contributed by atoms with Crippen LogP contribution in [0.4, 0.5) is 0 Å². The van der Waals surface area contributed by atoms with E-state index in [2.05, 4.69) is 6.92 Å². The molecule has 1 saturated heterocycles. The van der Waals surface area contributed by atoms with Gasteiger partial charge in [0.1, 0.15) is 0 Å². The molecule has 0 aliphatic carbocycles. The van der Waals surface area contributed by atoms with Gasteiger partial charge in [-0.15, -0.1) is 11.3 Å². The SMILES string of the molecule is CC1CCCN(C(=O)c2ccc(Cl)s2)C1. The van der Waals surface area contributed by atoms with Crippen molar-refractivity contribution in [2.24, 2.45) is 5.92 Å². The Morgan fingerprint density at radius 1 is 1.60 bits per heavy atom. The van der Waals surface area contributed by atoms with E-state index in [1.165, 1.54) is 17.8 Å². The standard InChI is InChI=1S/C11H14ClNOS/c1-8-3-2-6-13(7-8)11(14)9-4-5-10(12)15-9/h4-5,8H,2-3,6-7H2,1H3. The van der Waals surface area contributed by atoms with E-state index in [-0.39, 0.29) is 5.91 Å². The van der Waals surface area contributed by atoms with E-state index in [1.54, 1.807) is 6.07 Å². The highest BCUT2D eigenvalue weighted by Gasteiger charge is 2.22. The molecule has 2 heterocycles. The lowest BCUT2D eigenvalue weighted by atomic mass is 10.0. The average molecular weight is 244 g/mol. The Kier molecular flexibility index (Phi) is 3.32. The third-order valence-electron chi connectivity index (χ3n) is 2.73. The van der Waals surface area contributed by atoms with Crippen molar-refractivity contribution >= 4 is 28.8 Å². The summed E-state index contributed by atoms with van der Waals surface area (Å²) in [6.45, 7) is 3.97. The van der Waals surface area contributed by atoms with Gasteiger partial charge in [-0.25, -0.2) is 0 Å². The summed E-state index contributed by atoms with van der Waals surface area (Å²) >= 11 is 7.18. The zero-order valence-corrected chi connectivity index (χ0v) is 10.3. The molecule has 2 rings (SSSR count). The Hall–Kier alpha value is -0.540. The molecule has 1 aliphatic rings. The number of carbonyl (C=O) groups excluding carboxylic acids is 1. The van der Waals surface area contributed by atoms with Crippen LogP contribution in [0.25, 0.3) is 0 Å². The second kappa shape index (κ2) is 4.54. The van der Waals surface area contributed by atoms with Crippen molar-refractivity contribution in [1.29, 1.82) is 0 Å². The number of likely N-dealkylation sites (tertiary alicyclic amines) is 1. The molecule has 0 saturated carbocycles. The topological polar surface area (TPSA) is 20.3 Å². The highest BCUT2D eigenvalue weighted by atomic mass is 35.5. The first-order chi connectivity index (χ1) is 7.16. The second-order valence-corrected chi connectivity index (χ2v) is 5.82. The smallest absolute Gasteiger partial charge is 0.263 e. The molecular weight excluding hydrogens is 230 g/mol. The Morgan fingerprint density at radius 2 is 2.40 bits per heavy atom. The van der Waals surface area contributed by atoms with Crippen LogP contribution in [0.15, 0.2) is 12.1 Å². The molecule has 2 nitrogen and oxygen atoms in total. The van der Waals surface area contributed by atoms with Gasteiger partial charge in [-0.2, -0.15) is 0 Å². The highest BCUT2D eigenvalue weighted by Crippen LogP contribution is 2.24. The molecule has 1 amide bonds. The van der Waals surface area contributed by atoms with Crippen LogP contribution in [0.2, 0.25) is 4.34 Å². The van der Waals surface area contributed by atoms with Crippen LogP contribution >= 0.6 is 22.9 Å². The van der Waals surface area contributed by atoms with E-state index >= 15 is 0 Å². The molecule has 0 bridgehead atoms. The average Bonchev–Trinajstić information content (AvgIpc) is 2.64. The van der Waals surface area contributed by atoms with Gasteiger partial charge < -0.3 is 4.90 Å². The van der Waals surface area contributed by atoms with Crippen molar-refractivity contribution in [3.8, 4) is 0 Å². The van der Waals surface area contributed by atoms with Gasteiger partial charge in [0.15, 0.2) is 0 Å². The van der Waals surface area contributed by atoms with Gasteiger partial charge >= 0.3 is 0 Å². The number of hydrogen-bond donors (Lipinski definition) is 0. The van der Waals surface area contributed by atoms with Crippen molar-refractivity contribution in [2.75, 3.05) is 13.1 Å². The summed E-state index contributed by atoms with van der Waals surface area (Å²) in [5.41, 5.74) is 0. The van der Waals surface area contributed by atoms with E-state index < -0.39 is 0 Å². The van der Waals surface area contributed by atoms with Crippen molar-refractivity contribution < 1.29 is 4.79 Å². The van der Waals surface area contributed by atoms with Crippen LogP contribution < -0.4 is 0 Å². The Bertz CT molecular complexity index is 363. The minimum Gasteiger partial charge on any atom is -0.338 e. The lowest BCUT2D eigenvalue weighted by Gasteiger charge is -2.30. The van der Waals surface area contributed by atoms with Crippen molar-refractivity contribution in [3.63, 3.8) is 0 Å². The summed E-state index contributed by atoms with van der Waals surface area (Å²) in [4.78, 5) is 14.7. The first-order valence-electron chi connectivity index (χ1n) is 5.21. The maximum absolute atomic E-state index is 12.0. The summed E-state index contributed by atoms with van der Waals surface area (Å²) in [5.74, 6) is 0.761. The first kappa shape index (κ1) is 11.0. The summed E-state index contributed by atoms with van der Waals surface area (Å²) in [6.07, 6.45) is 2.35. The molecule has 0 radical (unpaired) electrons. The van der Waals surface area contributed by atoms with Gasteiger partial charge in [0, 0.05) is 13.1 Å². The molecule has 1 aromatic heterocycles. The molecule has 15 heavy (non-hydrogen) atoms. The van der Waals surface area contributed by atoms with Crippen molar-refractivity contribution in [1.82, 2.24) is 4.90 Å². The monoisotopic (exact) mass is 243 g/mol. The van der Waals surface area contributed by atoms with Crippen LogP contribution in [0.1, 0.15) is 29.4 Å². The molecule has 1 atom stereocenters. The second-order valence-electron chi connectivity index (χ2n) is 4.10. The number of nitrogens with zero attached hydrogens (tertiary/aromatic N) is 1. The molecule has 82 valence electrons. The minimum atomic E-state index is 0.137. The summed E-state index contributed by atoms with van der Waals surface area (Å²) in [7, 11) is 0. The number of carbonyl (C=O) groups is 1. The van der Waals surface area contributed by atoms with Gasteiger partial charge in [-0.3, -0.25) is 4.79 Å². The Balaban J connectivity index is 2.07. The molecule has 0 N–H and O–H groups in total. The van der Waals surface area contributed by atoms with E-state index in [1.807, 2.05) is 11.0 Å². The molecule has 1 fully saturated rings. The number of amides is 1. The predicted octanol–water partition coefficient (Wildman–Crippen LogP) is 3.27. The lowest BCUT2D eigenvalue weighted by molar-refractivity contribution is 0.0688. The fourth-order valence-electron chi connectivity index (χ4n) is 1.96. The normalized spacial score (nSPS) is 21.7. The first-order valence-corrected chi connectivity index (χ1v) is 6.41. The zero-order chi connectivity index (χ0) is 10.8. The molecule has 1 unspecified atom stereocenters. The predicted molar refractivity (Wildman–Crippen MR) is 63.6 cm³/mol. The summed E-state index contributed by atoms with van der Waals surface area (Å²) in [6, 6.07) is 3.60. The van der Waals surface area contributed by atoms with Gasteiger partial charge in [-0.1, -0.05) is 18.5 Å². The third kappa shape index (κ3) is 2.52. The fourth-order valence-corrected chi connectivity index (χ4v) is 2.97. The molecule has 0 spiro atoms. The minimum absolute atomic E-state index is 0.137. The van der Waals surface area contributed by atoms with Crippen molar-refractivity contribution in [3.05, 3.63) is 21.3 Å². The number of thiophene rings is 1.